The van der Waals surface area contributed by atoms with Gasteiger partial charge in [0.2, 0.25) is 0 Å². The van der Waals surface area contributed by atoms with Crippen LogP contribution >= 0.6 is 0 Å². The third kappa shape index (κ3) is 3.32. The van der Waals surface area contributed by atoms with Crippen LogP contribution in [0.25, 0.3) is 0 Å². The van der Waals surface area contributed by atoms with Crippen LogP contribution < -0.4 is 9.47 Å². The minimum absolute atomic E-state index is 0.0908. The van der Waals surface area contributed by atoms with Gasteiger partial charge in [0, 0.05) is 0 Å². The molecule has 0 unspecified atom stereocenters. The first-order valence-corrected chi connectivity index (χ1v) is 5.85. The Kier molecular flexibility index (Phi) is 3.11. The van der Waals surface area contributed by atoms with E-state index in [-0.39, 0.29) is 11.8 Å². The van der Waals surface area contributed by atoms with Gasteiger partial charge in [0.05, 0.1) is 17.1 Å². The second kappa shape index (κ2) is 4.44. The second-order valence-corrected chi connectivity index (χ2v) is 5.29. The van der Waals surface area contributed by atoms with Crippen LogP contribution in [0.15, 0.2) is 12.3 Å². The summed E-state index contributed by atoms with van der Waals surface area (Å²) in [6, 6.07) is 1.37. The minimum atomic E-state index is -0.492. The Morgan fingerprint density at radius 2 is 2.11 bits per heavy atom. The summed E-state index contributed by atoms with van der Waals surface area (Å²) >= 11 is 0. The van der Waals surface area contributed by atoms with Gasteiger partial charge >= 0.3 is 0 Å². The molecule has 1 aromatic heterocycles. The quantitative estimate of drug-likeness (QED) is 0.608. The molecule has 0 N–H and O–H groups in total. The third-order valence-corrected chi connectivity index (χ3v) is 2.24. The molecule has 18 heavy (non-hydrogen) atoms. The van der Waals surface area contributed by atoms with Gasteiger partial charge in [-0.3, -0.25) is 10.1 Å². The molecule has 0 amide bonds. The van der Waals surface area contributed by atoms with Crippen LogP contribution in [0.3, 0.4) is 0 Å². The van der Waals surface area contributed by atoms with Crippen molar-refractivity contribution in [1.29, 1.82) is 0 Å². The molecule has 0 bridgehead atoms. The minimum Gasteiger partial charge on any atom is -0.485 e. The molecule has 1 aliphatic rings. The van der Waals surface area contributed by atoms with E-state index < -0.39 is 10.5 Å². The van der Waals surface area contributed by atoms with E-state index in [0.717, 1.165) is 12.8 Å². The van der Waals surface area contributed by atoms with Gasteiger partial charge < -0.3 is 9.47 Å². The van der Waals surface area contributed by atoms with Gasteiger partial charge in [-0.2, -0.15) is 0 Å². The van der Waals surface area contributed by atoms with E-state index in [0.29, 0.717) is 11.6 Å². The van der Waals surface area contributed by atoms with Gasteiger partial charge in [0.25, 0.3) is 11.6 Å². The maximum atomic E-state index is 10.7. The first-order valence-electron chi connectivity index (χ1n) is 5.85. The number of nitro groups is 1. The van der Waals surface area contributed by atoms with Crippen molar-refractivity contribution in [3.8, 4) is 11.6 Å². The second-order valence-electron chi connectivity index (χ2n) is 5.29. The summed E-state index contributed by atoms with van der Waals surface area (Å²) in [5.74, 6) is 0.654. The van der Waals surface area contributed by atoms with E-state index in [1.807, 2.05) is 20.8 Å². The number of ether oxygens (including phenoxy) is 2. The Labute approximate surface area is 105 Å². The molecule has 0 aromatic carbocycles. The topological polar surface area (TPSA) is 74.5 Å². The molecule has 0 saturated heterocycles. The van der Waals surface area contributed by atoms with Gasteiger partial charge in [-0.25, -0.2) is 4.98 Å². The van der Waals surface area contributed by atoms with Crippen molar-refractivity contribution in [2.75, 3.05) is 0 Å². The van der Waals surface area contributed by atoms with Crippen molar-refractivity contribution < 1.29 is 14.4 Å². The summed E-state index contributed by atoms with van der Waals surface area (Å²) in [4.78, 5) is 14.2. The fraction of sp³-hybridized carbons (Fsp3) is 0.583. The lowest BCUT2D eigenvalue weighted by atomic mass is 10.2. The summed E-state index contributed by atoms with van der Waals surface area (Å²) in [6.45, 7) is 5.66. The maximum absolute atomic E-state index is 10.7. The van der Waals surface area contributed by atoms with Crippen molar-refractivity contribution in [2.45, 2.75) is 45.3 Å². The molecule has 1 aliphatic carbocycles. The van der Waals surface area contributed by atoms with Gasteiger partial charge in [-0.15, -0.1) is 0 Å². The molecule has 0 radical (unpaired) electrons. The van der Waals surface area contributed by atoms with Crippen molar-refractivity contribution in [3.63, 3.8) is 0 Å². The lowest BCUT2D eigenvalue weighted by molar-refractivity contribution is -0.385. The van der Waals surface area contributed by atoms with Crippen molar-refractivity contribution in [3.05, 3.63) is 22.4 Å². The van der Waals surface area contributed by atoms with Crippen LogP contribution in [0.4, 0.5) is 5.69 Å². The average molecular weight is 252 g/mol. The highest BCUT2D eigenvalue weighted by atomic mass is 16.6. The molecule has 1 fully saturated rings. The highest BCUT2D eigenvalue weighted by Gasteiger charge is 2.28. The number of pyridine rings is 1. The van der Waals surface area contributed by atoms with Crippen LogP contribution in [-0.4, -0.2) is 21.6 Å². The number of hydrogen-bond donors (Lipinski definition) is 0. The zero-order valence-corrected chi connectivity index (χ0v) is 10.7. The first-order chi connectivity index (χ1) is 8.35. The molecule has 1 heterocycles. The number of hydrogen-bond acceptors (Lipinski definition) is 5. The van der Waals surface area contributed by atoms with Crippen LogP contribution in [0.5, 0.6) is 11.6 Å². The Hall–Kier alpha value is -1.85. The van der Waals surface area contributed by atoms with Gasteiger partial charge in [0.15, 0.2) is 5.75 Å². The summed E-state index contributed by atoms with van der Waals surface area (Å²) in [6.07, 6.45) is 3.26. The lowest BCUT2D eigenvalue weighted by Crippen LogP contribution is -2.24. The maximum Gasteiger partial charge on any atom is 0.291 e. The van der Waals surface area contributed by atoms with Gasteiger partial charge in [-0.1, -0.05) is 0 Å². The van der Waals surface area contributed by atoms with E-state index in [1.54, 1.807) is 0 Å². The molecular weight excluding hydrogens is 236 g/mol. The third-order valence-electron chi connectivity index (χ3n) is 2.24. The molecule has 1 saturated carbocycles. The Morgan fingerprint density at radius 1 is 1.44 bits per heavy atom. The Balaban J connectivity index is 2.28. The van der Waals surface area contributed by atoms with Crippen LogP contribution in [0.1, 0.15) is 33.6 Å². The summed E-state index contributed by atoms with van der Waals surface area (Å²) in [5.41, 5.74) is -0.517. The largest absolute Gasteiger partial charge is 0.485 e. The van der Waals surface area contributed by atoms with Crippen LogP contribution in [0.2, 0.25) is 0 Å². The molecule has 6 heteroatoms. The fourth-order valence-electron chi connectivity index (χ4n) is 1.34. The molecule has 98 valence electrons. The SMILES string of the molecule is CC(C)(C)Oc1ncc([N+](=O)[O-])cc1OC1CC1. The highest BCUT2D eigenvalue weighted by molar-refractivity contribution is 5.43. The summed E-state index contributed by atoms with van der Waals surface area (Å²) in [5, 5.41) is 10.7. The van der Waals surface area contributed by atoms with Crippen molar-refractivity contribution in [2.24, 2.45) is 0 Å². The van der Waals surface area contributed by atoms with Crippen LogP contribution in [-0.2, 0) is 0 Å². The molecular formula is C12H16N2O4. The number of rotatable bonds is 4. The molecule has 0 aliphatic heterocycles. The van der Waals surface area contributed by atoms with Crippen molar-refractivity contribution >= 4 is 5.69 Å². The number of nitrogens with zero attached hydrogens (tertiary/aromatic N) is 2. The molecule has 2 rings (SSSR count). The monoisotopic (exact) mass is 252 g/mol. The molecule has 0 atom stereocenters. The summed E-state index contributed by atoms with van der Waals surface area (Å²) < 4.78 is 11.2. The normalized spacial score (nSPS) is 15.3. The first kappa shape index (κ1) is 12.6. The van der Waals surface area contributed by atoms with Gasteiger partial charge in [-0.05, 0) is 33.6 Å². The van der Waals surface area contributed by atoms with E-state index in [1.165, 1.54) is 12.3 Å². The zero-order valence-electron chi connectivity index (χ0n) is 10.7. The number of aromatic nitrogens is 1. The smallest absolute Gasteiger partial charge is 0.291 e. The zero-order chi connectivity index (χ0) is 13.3. The molecule has 1 aromatic rings. The van der Waals surface area contributed by atoms with E-state index in [2.05, 4.69) is 4.98 Å². The van der Waals surface area contributed by atoms with E-state index in [4.69, 9.17) is 9.47 Å². The Morgan fingerprint density at radius 3 is 2.61 bits per heavy atom. The van der Waals surface area contributed by atoms with Crippen molar-refractivity contribution in [1.82, 2.24) is 4.98 Å². The van der Waals surface area contributed by atoms with E-state index in [9.17, 15) is 10.1 Å². The van der Waals surface area contributed by atoms with Gasteiger partial charge in [0.1, 0.15) is 11.8 Å². The Bertz CT molecular complexity index is 464. The summed E-state index contributed by atoms with van der Waals surface area (Å²) in [7, 11) is 0. The predicted octanol–water partition coefficient (Wildman–Crippen LogP) is 2.71. The fourth-order valence-corrected chi connectivity index (χ4v) is 1.34. The average Bonchev–Trinajstić information content (AvgIpc) is 3.02. The predicted molar refractivity (Wildman–Crippen MR) is 64.9 cm³/mol. The lowest BCUT2D eigenvalue weighted by Gasteiger charge is -2.21. The standard InChI is InChI=1S/C12H16N2O4/c1-12(2,3)18-11-10(17-9-4-5-9)6-8(7-13-11)14(15)16/h6-7,9H,4-5H2,1-3H3. The molecule has 6 nitrogen and oxygen atoms in total. The highest BCUT2D eigenvalue weighted by Crippen LogP contribution is 2.35. The molecule has 0 spiro atoms. The van der Waals surface area contributed by atoms with Crippen LogP contribution in [0, 0.1) is 10.1 Å². The van der Waals surface area contributed by atoms with E-state index >= 15 is 0 Å².